The average molecular weight is 343 g/mol. The third-order valence-electron chi connectivity index (χ3n) is 3.20. The molecule has 25 heavy (non-hydrogen) atoms. The first-order valence-electron chi connectivity index (χ1n) is 8.06. The minimum absolute atomic E-state index is 0.284. The van der Waals surface area contributed by atoms with Crippen LogP contribution >= 0.6 is 0 Å². The highest BCUT2D eigenvalue weighted by atomic mass is 16.5. The molecule has 0 saturated carbocycles. The van der Waals surface area contributed by atoms with E-state index in [1.807, 2.05) is 19.9 Å². The zero-order valence-electron chi connectivity index (χ0n) is 14.3. The number of amides is 1. The third kappa shape index (κ3) is 5.24. The van der Waals surface area contributed by atoms with E-state index in [0.29, 0.717) is 30.4 Å². The second-order valence-corrected chi connectivity index (χ2v) is 4.98. The minimum Gasteiger partial charge on any atom is -0.493 e. The SMILES string of the molecule is CCOc1ccccc1NC(=O)COC(=O)c1ccccc1OCC. The number of carbonyl (C=O) groups excluding carboxylic acids is 2. The Morgan fingerprint density at radius 2 is 1.48 bits per heavy atom. The zero-order valence-corrected chi connectivity index (χ0v) is 14.3. The van der Waals surface area contributed by atoms with Crippen molar-refractivity contribution >= 4 is 17.6 Å². The van der Waals surface area contributed by atoms with E-state index in [4.69, 9.17) is 14.2 Å². The highest BCUT2D eigenvalue weighted by Crippen LogP contribution is 2.23. The van der Waals surface area contributed by atoms with Gasteiger partial charge in [0, 0.05) is 0 Å². The molecule has 0 aromatic heterocycles. The van der Waals surface area contributed by atoms with Crippen molar-refractivity contribution in [3.8, 4) is 11.5 Å². The van der Waals surface area contributed by atoms with Gasteiger partial charge in [-0.1, -0.05) is 24.3 Å². The maximum absolute atomic E-state index is 12.2. The van der Waals surface area contributed by atoms with Gasteiger partial charge in [0.2, 0.25) is 0 Å². The van der Waals surface area contributed by atoms with E-state index < -0.39 is 18.5 Å². The van der Waals surface area contributed by atoms with E-state index in [0.717, 1.165) is 0 Å². The van der Waals surface area contributed by atoms with Gasteiger partial charge < -0.3 is 19.5 Å². The summed E-state index contributed by atoms with van der Waals surface area (Å²) in [4.78, 5) is 24.2. The molecule has 0 radical (unpaired) electrons. The Morgan fingerprint density at radius 1 is 0.880 bits per heavy atom. The molecule has 0 saturated heterocycles. The van der Waals surface area contributed by atoms with Gasteiger partial charge in [-0.25, -0.2) is 4.79 Å². The number of hydrogen-bond acceptors (Lipinski definition) is 5. The number of rotatable bonds is 8. The molecule has 0 aliphatic rings. The number of hydrogen-bond donors (Lipinski definition) is 1. The lowest BCUT2D eigenvalue weighted by Crippen LogP contribution is -2.21. The number of carbonyl (C=O) groups is 2. The van der Waals surface area contributed by atoms with Crippen LogP contribution in [0.5, 0.6) is 11.5 Å². The first-order chi connectivity index (χ1) is 12.2. The Bertz CT molecular complexity index is 729. The minimum atomic E-state index is -0.614. The Labute approximate surface area is 146 Å². The van der Waals surface area contributed by atoms with Gasteiger partial charge in [-0.05, 0) is 38.1 Å². The maximum Gasteiger partial charge on any atom is 0.342 e. The molecule has 1 amide bonds. The van der Waals surface area contributed by atoms with Gasteiger partial charge in [-0.2, -0.15) is 0 Å². The first-order valence-corrected chi connectivity index (χ1v) is 8.06. The van der Waals surface area contributed by atoms with Crippen molar-refractivity contribution in [2.24, 2.45) is 0 Å². The fourth-order valence-corrected chi connectivity index (χ4v) is 2.16. The molecule has 1 N–H and O–H groups in total. The summed E-state index contributed by atoms with van der Waals surface area (Å²) in [5.74, 6) is -0.0739. The molecule has 0 spiro atoms. The fraction of sp³-hybridized carbons (Fsp3) is 0.263. The second-order valence-electron chi connectivity index (χ2n) is 4.98. The van der Waals surface area contributed by atoms with Crippen LogP contribution in [-0.4, -0.2) is 31.7 Å². The van der Waals surface area contributed by atoms with Gasteiger partial charge in [0.15, 0.2) is 6.61 Å². The van der Waals surface area contributed by atoms with Crippen LogP contribution in [0.2, 0.25) is 0 Å². The van der Waals surface area contributed by atoms with E-state index in [9.17, 15) is 9.59 Å². The van der Waals surface area contributed by atoms with Crippen molar-refractivity contribution in [2.75, 3.05) is 25.1 Å². The molecule has 0 heterocycles. The molecule has 6 heteroatoms. The number of nitrogens with one attached hydrogen (secondary N) is 1. The van der Waals surface area contributed by atoms with Crippen LogP contribution < -0.4 is 14.8 Å². The molecule has 0 bridgehead atoms. The number of esters is 1. The molecular weight excluding hydrogens is 322 g/mol. The van der Waals surface area contributed by atoms with Crippen LogP contribution in [0.15, 0.2) is 48.5 Å². The molecule has 0 aliphatic carbocycles. The monoisotopic (exact) mass is 343 g/mol. The summed E-state index contributed by atoms with van der Waals surface area (Å²) in [6.45, 7) is 4.19. The summed E-state index contributed by atoms with van der Waals surface area (Å²) in [6, 6.07) is 13.8. The van der Waals surface area contributed by atoms with Gasteiger partial charge >= 0.3 is 5.97 Å². The Balaban J connectivity index is 1.95. The summed E-state index contributed by atoms with van der Waals surface area (Å²) in [6.07, 6.45) is 0. The van der Waals surface area contributed by atoms with Gasteiger partial charge in [0.1, 0.15) is 17.1 Å². The van der Waals surface area contributed by atoms with Crippen molar-refractivity contribution in [1.82, 2.24) is 0 Å². The van der Waals surface area contributed by atoms with E-state index in [1.165, 1.54) is 0 Å². The zero-order chi connectivity index (χ0) is 18.1. The highest BCUT2D eigenvalue weighted by Gasteiger charge is 2.15. The highest BCUT2D eigenvalue weighted by molar-refractivity contribution is 5.97. The van der Waals surface area contributed by atoms with Crippen molar-refractivity contribution in [2.45, 2.75) is 13.8 Å². The van der Waals surface area contributed by atoms with Crippen LogP contribution in [0.25, 0.3) is 0 Å². The molecule has 0 atom stereocenters. The third-order valence-corrected chi connectivity index (χ3v) is 3.20. The van der Waals surface area contributed by atoms with E-state index in [1.54, 1.807) is 42.5 Å². The van der Waals surface area contributed by atoms with E-state index in [-0.39, 0.29) is 5.56 Å². The number of para-hydroxylation sites is 3. The molecule has 132 valence electrons. The standard InChI is InChI=1S/C19H21NO5/c1-3-23-16-11-7-5-9-14(16)19(22)25-13-18(21)20-15-10-6-8-12-17(15)24-4-2/h5-12H,3-4,13H2,1-2H3,(H,20,21). The van der Waals surface area contributed by atoms with E-state index in [2.05, 4.69) is 5.32 Å². The Hall–Kier alpha value is -3.02. The predicted octanol–water partition coefficient (Wildman–Crippen LogP) is 3.28. The lowest BCUT2D eigenvalue weighted by Gasteiger charge is -2.12. The van der Waals surface area contributed by atoms with Crippen molar-refractivity contribution in [1.29, 1.82) is 0 Å². The largest absolute Gasteiger partial charge is 0.493 e. The summed E-state index contributed by atoms with van der Waals surface area (Å²) >= 11 is 0. The lowest BCUT2D eigenvalue weighted by molar-refractivity contribution is -0.119. The quantitative estimate of drug-likeness (QED) is 0.745. The number of anilines is 1. The predicted molar refractivity (Wildman–Crippen MR) is 94.1 cm³/mol. The Kier molecular flexibility index (Phi) is 6.83. The fourth-order valence-electron chi connectivity index (χ4n) is 2.16. The first kappa shape index (κ1) is 18.3. The van der Waals surface area contributed by atoms with Crippen molar-refractivity contribution < 1.29 is 23.8 Å². The molecule has 0 unspecified atom stereocenters. The van der Waals surface area contributed by atoms with Crippen LogP contribution in [-0.2, 0) is 9.53 Å². The molecule has 2 aromatic rings. The molecule has 6 nitrogen and oxygen atoms in total. The van der Waals surface area contributed by atoms with E-state index >= 15 is 0 Å². The summed E-state index contributed by atoms with van der Waals surface area (Å²) in [5, 5.41) is 2.67. The molecule has 2 rings (SSSR count). The van der Waals surface area contributed by atoms with Gasteiger partial charge in [0.25, 0.3) is 5.91 Å². The second kappa shape index (κ2) is 9.32. The number of ether oxygens (including phenoxy) is 3. The smallest absolute Gasteiger partial charge is 0.342 e. The summed E-state index contributed by atoms with van der Waals surface area (Å²) < 4.78 is 15.9. The molecule has 0 fully saturated rings. The average Bonchev–Trinajstić information content (AvgIpc) is 2.62. The summed E-state index contributed by atoms with van der Waals surface area (Å²) in [5.41, 5.74) is 0.812. The maximum atomic E-state index is 12.2. The lowest BCUT2D eigenvalue weighted by atomic mass is 10.2. The molecule has 2 aromatic carbocycles. The normalized spacial score (nSPS) is 10.0. The van der Waals surface area contributed by atoms with Crippen LogP contribution in [0, 0.1) is 0 Å². The topological polar surface area (TPSA) is 73.9 Å². The Morgan fingerprint density at radius 3 is 2.20 bits per heavy atom. The van der Waals surface area contributed by atoms with Crippen LogP contribution in [0.1, 0.15) is 24.2 Å². The van der Waals surface area contributed by atoms with Gasteiger partial charge in [-0.3, -0.25) is 4.79 Å². The van der Waals surface area contributed by atoms with Gasteiger partial charge in [-0.15, -0.1) is 0 Å². The molecule has 0 aliphatic heterocycles. The molecular formula is C19H21NO5. The van der Waals surface area contributed by atoms with Crippen molar-refractivity contribution in [3.63, 3.8) is 0 Å². The van der Waals surface area contributed by atoms with Crippen LogP contribution in [0.3, 0.4) is 0 Å². The summed E-state index contributed by atoms with van der Waals surface area (Å²) in [7, 11) is 0. The van der Waals surface area contributed by atoms with Gasteiger partial charge in [0.05, 0.1) is 18.9 Å². The number of benzene rings is 2. The van der Waals surface area contributed by atoms with Crippen molar-refractivity contribution in [3.05, 3.63) is 54.1 Å². The van der Waals surface area contributed by atoms with Crippen LogP contribution in [0.4, 0.5) is 5.69 Å².